The van der Waals surface area contributed by atoms with E-state index in [2.05, 4.69) is 4.90 Å². The smallest absolute Gasteiger partial charge is 0.335 e. The number of hydrogen-bond acceptors (Lipinski definition) is 6. The van der Waals surface area contributed by atoms with Crippen molar-refractivity contribution in [2.45, 2.75) is 6.42 Å². The van der Waals surface area contributed by atoms with Crippen molar-refractivity contribution < 1.29 is 29.2 Å². The van der Waals surface area contributed by atoms with Crippen molar-refractivity contribution in [2.75, 3.05) is 48.6 Å². The van der Waals surface area contributed by atoms with E-state index >= 15 is 0 Å². The highest BCUT2D eigenvalue weighted by Crippen LogP contribution is 2.38. The van der Waals surface area contributed by atoms with Gasteiger partial charge in [0.15, 0.2) is 11.5 Å². The molecule has 2 N–H and O–H groups in total. The van der Waals surface area contributed by atoms with Gasteiger partial charge < -0.3 is 29.3 Å². The molecule has 7 nitrogen and oxygen atoms in total. The van der Waals surface area contributed by atoms with Gasteiger partial charge in [-0.25, -0.2) is 4.79 Å². The predicted molar refractivity (Wildman–Crippen MR) is 90.6 cm³/mol. The standard InChI is InChI=1S/C10H12O5.C5H13NO.ClH/c1-13-7-4-6(10(11)12)5-8(14-2)9(7)15-3;1-6(2)4-3-5-7;/h4-5H,1-3H3,(H,11,12);7H,3-5H2,1-2H3;1H. The second kappa shape index (κ2) is 12.8. The Kier molecular flexibility index (Phi) is 13.1. The highest BCUT2D eigenvalue weighted by Gasteiger charge is 2.15. The molecule has 0 atom stereocenters. The number of aliphatic hydroxyl groups excluding tert-OH is 1. The topological polar surface area (TPSA) is 88.5 Å². The van der Waals surface area contributed by atoms with Gasteiger partial charge in [-0.1, -0.05) is 0 Å². The summed E-state index contributed by atoms with van der Waals surface area (Å²) in [6.07, 6.45) is 0.882. The van der Waals surface area contributed by atoms with Crippen LogP contribution in [0, 0.1) is 0 Å². The van der Waals surface area contributed by atoms with E-state index in [1.54, 1.807) is 0 Å². The minimum absolute atomic E-state index is 0. The molecule has 0 heterocycles. The van der Waals surface area contributed by atoms with Crippen molar-refractivity contribution in [3.63, 3.8) is 0 Å². The second-order valence-corrected chi connectivity index (χ2v) is 4.60. The number of aliphatic hydroxyl groups is 1. The summed E-state index contributed by atoms with van der Waals surface area (Å²) in [5.74, 6) is -0.0113. The number of benzene rings is 1. The molecule has 0 aliphatic rings. The molecular formula is C15H26ClNO6. The van der Waals surface area contributed by atoms with Crippen LogP contribution in [0.5, 0.6) is 17.2 Å². The number of hydrogen-bond donors (Lipinski definition) is 2. The summed E-state index contributed by atoms with van der Waals surface area (Å²) >= 11 is 0. The largest absolute Gasteiger partial charge is 0.493 e. The number of ether oxygens (including phenoxy) is 3. The third-order valence-electron chi connectivity index (χ3n) is 2.68. The third-order valence-corrected chi connectivity index (χ3v) is 2.68. The molecule has 134 valence electrons. The van der Waals surface area contributed by atoms with E-state index in [1.807, 2.05) is 14.1 Å². The lowest BCUT2D eigenvalue weighted by molar-refractivity contribution is 0.0696. The molecule has 0 fully saturated rings. The van der Waals surface area contributed by atoms with Gasteiger partial charge in [0.1, 0.15) is 0 Å². The lowest BCUT2D eigenvalue weighted by Crippen LogP contribution is -2.13. The predicted octanol–water partition coefficient (Wildman–Crippen LogP) is 1.76. The number of nitrogens with zero attached hydrogens (tertiary/aromatic N) is 1. The van der Waals surface area contributed by atoms with E-state index in [0.717, 1.165) is 13.0 Å². The maximum atomic E-state index is 10.8. The van der Waals surface area contributed by atoms with Crippen LogP contribution in [0.25, 0.3) is 0 Å². The van der Waals surface area contributed by atoms with Crippen LogP contribution >= 0.6 is 12.4 Å². The molecule has 0 radical (unpaired) electrons. The zero-order valence-corrected chi connectivity index (χ0v) is 15.0. The first kappa shape index (κ1) is 23.6. The van der Waals surface area contributed by atoms with Crippen LogP contribution in [0.4, 0.5) is 0 Å². The maximum absolute atomic E-state index is 10.8. The Bertz CT molecular complexity index is 442. The minimum atomic E-state index is -1.05. The average Bonchev–Trinajstić information content (AvgIpc) is 2.51. The van der Waals surface area contributed by atoms with Gasteiger partial charge in [0.25, 0.3) is 0 Å². The molecule has 8 heteroatoms. The quantitative estimate of drug-likeness (QED) is 0.773. The number of methoxy groups -OCH3 is 3. The van der Waals surface area contributed by atoms with Crippen molar-refractivity contribution in [3.05, 3.63) is 17.7 Å². The summed E-state index contributed by atoms with van der Waals surface area (Å²) < 4.78 is 15.1. The summed E-state index contributed by atoms with van der Waals surface area (Å²) in [4.78, 5) is 12.8. The number of carboxylic acid groups (broad SMARTS) is 1. The monoisotopic (exact) mass is 351 g/mol. The molecule has 1 aromatic carbocycles. The summed E-state index contributed by atoms with van der Waals surface area (Å²) in [5, 5.41) is 17.1. The molecule has 1 rings (SSSR count). The fourth-order valence-corrected chi connectivity index (χ4v) is 1.59. The van der Waals surface area contributed by atoms with Gasteiger partial charge in [0.2, 0.25) is 5.75 Å². The van der Waals surface area contributed by atoms with Gasteiger partial charge >= 0.3 is 5.97 Å². The van der Waals surface area contributed by atoms with Crippen LogP contribution in [0.15, 0.2) is 12.1 Å². The Morgan fingerprint density at radius 3 is 1.78 bits per heavy atom. The Morgan fingerprint density at radius 2 is 1.57 bits per heavy atom. The van der Waals surface area contributed by atoms with Gasteiger partial charge in [-0.15, -0.1) is 12.4 Å². The molecule has 0 bridgehead atoms. The van der Waals surface area contributed by atoms with E-state index in [4.69, 9.17) is 24.4 Å². The molecule has 0 aliphatic carbocycles. The summed E-state index contributed by atoms with van der Waals surface area (Å²) in [7, 11) is 8.32. The van der Waals surface area contributed by atoms with E-state index in [0.29, 0.717) is 23.9 Å². The van der Waals surface area contributed by atoms with E-state index in [1.165, 1.54) is 33.5 Å². The maximum Gasteiger partial charge on any atom is 0.335 e. The van der Waals surface area contributed by atoms with Crippen LogP contribution in [0.1, 0.15) is 16.8 Å². The molecule has 0 unspecified atom stereocenters. The normalized spacial score (nSPS) is 9.35. The molecule has 0 aliphatic heterocycles. The fourth-order valence-electron chi connectivity index (χ4n) is 1.59. The van der Waals surface area contributed by atoms with Crippen LogP contribution in [0.3, 0.4) is 0 Å². The lowest BCUT2D eigenvalue weighted by Gasteiger charge is -2.12. The SMILES string of the molecule is CN(C)CCCO.COc1cc(C(=O)O)cc(OC)c1OC.Cl. The number of rotatable bonds is 7. The van der Waals surface area contributed by atoms with Gasteiger partial charge in [-0.05, 0) is 39.2 Å². The van der Waals surface area contributed by atoms with Crippen molar-refractivity contribution in [2.24, 2.45) is 0 Å². The molecular weight excluding hydrogens is 326 g/mol. The summed E-state index contributed by atoms with van der Waals surface area (Å²) in [6, 6.07) is 2.76. The minimum Gasteiger partial charge on any atom is -0.493 e. The molecule has 1 aromatic rings. The summed E-state index contributed by atoms with van der Waals surface area (Å²) in [6.45, 7) is 1.29. The van der Waals surface area contributed by atoms with Crippen molar-refractivity contribution >= 4 is 18.4 Å². The van der Waals surface area contributed by atoms with Crippen molar-refractivity contribution in [1.29, 1.82) is 0 Å². The van der Waals surface area contributed by atoms with Gasteiger partial charge in [-0.2, -0.15) is 0 Å². The molecule has 0 aromatic heterocycles. The Morgan fingerprint density at radius 1 is 1.09 bits per heavy atom. The number of carboxylic acids is 1. The molecule has 0 amide bonds. The van der Waals surface area contributed by atoms with Crippen molar-refractivity contribution in [1.82, 2.24) is 4.90 Å². The van der Waals surface area contributed by atoms with Crippen molar-refractivity contribution in [3.8, 4) is 17.2 Å². The highest BCUT2D eigenvalue weighted by molar-refractivity contribution is 5.89. The summed E-state index contributed by atoms with van der Waals surface area (Å²) in [5.41, 5.74) is 0.0875. The van der Waals surface area contributed by atoms with Crippen LogP contribution in [-0.2, 0) is 0 Å². The zero-order valence-electron chi connectivity index (χ0n) is 14.2. The van der Waals surface area contributed by atoms with E-state index < -0.39 is 5.97 Å². The van der Waals surface area contributed by atoms with E-state index in [9.17, 15) is 4.79 Å². The first-order valence-electron chi connectivity index (χ1n) is 6.70. The molecule has 23 heavy (non-hydrogen) atoms. The lowest BCUT2D eigenvalue weighted by atomic mass is 10.2. The fraction of sp³-hybridized carbons (Fsp3) is 0.533. The highest BCUT2D eigenvalue weighted by atomic mass is 35.5. The van der Waals surface area contributed by atoms with Gasteiger partial charge in [0.05, 0.1) is 26.9 Å². The molecule has 0 spiro atoms. The second-order valence-electron chi connectivity index (χ2n) is 4.60. The van der Waals surface area contributed by atoms with E-state index in [-0.39, 0.29) is 18.0 Å². The number of carbonyl (C=O) groups is 1. The average molecular weight is 352 g/mol. The first-order valence-corrected chi connectivity index (χ1v) is 6.70. The third kappa shape index (κ3) is 8.49. The van der Waals surface area contributed by atoms with Gasteiger partial charge in [0, 0.05) is 6.61 Å². The first-order chi connectivity index (χ1) is 10.4. The van der Waals surface area contributed by atoms with Crippen LogP contribution in [-0.4, -0.2) is 69.7 Å². The van der Waals surface area contributed by atoms with Gasteiger partial charge in [-0.3, -0.25) is 0 Å². The molecule has 0 saturated heterocycles. The number of halogens is 1. The Hall–Kier alpha value is -1.70. The number of aromatic carboxylic acids is 1. The Balaban J connectivity index is 0. The zero-order chi connectivity index (χ0) is 17.1. The Labute approximate surface area is 143 Å². The van der Waals surface area contributed by atoms with Crippen LogP contribution < -0.4 is 14.2 Å². The molecule has 0 saturated carbocycles. The van der Waals surface area contributed by atoms with Crippen LogP contribution in [0.2, 0.25) is 0 Å².